The minimum absolute atomic E-state index is 0.504. The first-order chi connectivity index (χ1) is 8.65. The van der Waals surface area contributed by atoms with Crippen LogP contribution in [0.3, 0.4) is 0 Å². The molecule has 0 saturated heterocycles. The maximum Gasteiger partial charge on any atom is 0.134 e. The molecule has 0 spiro atoms. The summed E-state index contributed by atoms with van der Waals surface area (Å²) in [5.74, 6) is 2.88. The van der Waals surface area contributed by atoms with E-state index in [0.717, 1.165) is 43.3 Å². The molecule has 0 saturated carbocycles. The summed E-state index contributed by atoms with van der Waals surface area (Å²) in [6, 6.07) is 2.54. The molecule has 1 atom stereocenters. The van der Waals surface area contributed by atoms with Crippen molar-refractivity contribution < 1.29 is 0 Å². The zero-order valence-electron chi connectivity index (χ0n) is 12.3. The van der Waals surface area contributed by atoms with Crippen molar-refractivity contribution >= 4 is 11.6 Å². The van der Waals surface area contributed by atoms with Crippen LogP contribution in [0.2, 0.25) is 0 Å². The lowest BCUT2D eigenvalue weighted by Gasteiger charge is -2.28. The van der Waals surface area contributed by atoms with Crippen molar-refractivity contribution in [2.45, 2.75) is 53.0 Å². The van der Waals surface area contributed by atoms with Crippen LogP contribution in [0.15, 0.2) is 6.07 Å². The Labute approximate surface area is 111 Å². The van der Waals surface area contributed by atoms with Crippen molar-refractivity contribution in [1.29, 1.82) is 0 Å². The van der Waals surface area contributed by atoms with Gasteiger partial charge in [-0.25, -0.2) is 9.97 Å². The van der Waals surface area contributed by atoms with Gasteiger partial charge in [0.2, 0.25) is 0 Å². The molecule has 0 amide bonds. The molecular weight excluding hydrogens is 224 g/mol. The van der Waals surface area contributed by atoms with Gasteiger partial charge in [0.25, 0.3) is 0 Å². The largest absolute Gasteiger partial charge is 0.373 e. The lowest BCUT2D eigenvalue weighted by atomic mass is 10.2. The van der Waals surface area contributed by atoms with Crippen LogP contribution in [0.1, 0.15) is 46.4 Å². The van der Waals surface area contributed by atoms with Crippen LogP contribution in [-0.2, 0) is 6.42 Å². The summed E-state index contributed by atoms with van der Waals surface area (Å²) in [4.78, 5) is 11.5. The van der Waals surface area contributed by atoms with Crippen molar-refractivity contribution in [1.82, 2.24) is 9.97 Å². The number of aryl methyl sites for hydroxylation is 1. The van der Waals surface area contributed by atoms with E-state index in [1.807, 2.05) is 13.1 Å². The second kappa shape index (κ2) is 7.19. The van der Waals surface area contributed by atoms with Crippen LogP contribution < -0.4 is 10.2 Å². The molecule has 1 unspecified atom stereocenters. The van der Waals surface area contributed by atoms with Crippen molar-refractivity contribution in [2.24, 2.45) is 0 Å². The first-order valence-electron chi connectivity index (χ1n) is 6.98. The Morgan fingerprint density at radius 1 is 1.28 bits per heavy atom. The SMILES string of the molecule is CCCc1nc(NC)cc(N(CC)C(C)CC)n1. The second-order valence-corrected chi connectivity index (χ2v) is 4.57. The standard InChI is InChI=1S/C14H26N4/c1-6-9-12-16-13(15-5)10-14(17-12)18(8-3)11(4)7-2/h10-11H,6-9H2,1-5H3,(H,15,16,17). The van der Waals surface area contributed by atoms with Crippen LogP contribution in [-0.4, -0.2) is 29.6 Å². The summed E-state index contributed by atoms with van der Waals surface area (Å²) in [5, 5.41) is 3.12. The molecular formula is C14H26N4. The van der Waals surface area contributed by atoms with Gasteiger partial charge >= 0.3 is 0 Å². The Morgan fingerprint density at radius 2 is 2.00 bits per heavy atom. The number of hydrogen-bond acceptors (Lipinski definition) is 4. The van der Waals surface area contributed by atoms with E-state index in [1.165, 1.54) is 0 Å². The van der Waals surface area contributed by atoms with E-state index in [0.29, 0.717) is 6.04 Å². The van der Waals surface area contributed by atoms with E-state index in [9.17, 15) is 0 Å². The third-order valence-corrected chi connectivity index (χ3v) is 3.25. The Bertz CT molecular complexity index is 365. The molecule has 4 nitrogen and oxygen atoms in total. The fourth-order valence-electron chi connectivity index (χ4n) is 2.01. The molecule has 0 aliphatic carbocycles. The van der Waals surface area contributed by atoms with E-state index >= 15 is 0 Å². The Hall–Kier alpha value is -1.32. The number of hydrogen-bond donors (Lipinski definition) is 1. The van der Waals surface area contributed by atoms with E-state index in [1.54, 1.807) is 0 Å². The Kier molecular flexibility index (Phi) is 5.89. The molecule has 4 heteroatoms. The Morgan fingerprint density at radius 3 is 2.50 bits per heavy atom. The first kappa shape index (κ1) is 14.7. The van der Waals surface area contributed by atoms with Gasteiger partial charge < -0.3 is 10.2 Å². The highest BCUT2D eigenvalue weighted by Gasteiger charge is 2.14. The number of nitrogens with one attached hydrogen (secondary N) is 1. The number of aromatic nitrogens is 2. The quantitative estimate of drug-likeness (QED) is 0.807. The first-order valence-corrected chi connectivity index (χ1v) is 6.98. The maximum atomic E-state index is 4.69. The Balaban J connectivity index is 3.08. The van der Waals surface area contributed by atoms with Crippen LogP contribution in [0.5, 0.6) is 0 Å². The van der Waals surface area contributed by atoms with Crippen molar-refractivity contribution in [2.75, 3.05) is 23.8 Å². The predicted molar refractivity (Wildman–Crippen MR) is 78.3 cm³/mol. The van der Waals surface area contributed by atoms with Crippen LogP contribution >= 0.6 is 0 Å². The average molecular weight is 250 g/mol. The summed E-state index contributed by atoms with van der Waals surface area (Å²) < 4.78 is 0. The van der Waals surface area contributed by atoms with Crippen molar-refractivity contribution in [3.8, 4) is 0 Å². The maximum absolute atomic E-state index is 4.69. The fraction of sp³-hybridized carbons (Fsp3) is 0.714. The minimum atomic E-state index is 0.504. The van der Waals surface area contributed by atoms with Gasteiger partial charge in [0.15, 0.2) is 0 Å². The highest BCUT2D eigenvalue weighted by atomic mass is 15.2. The van der Waals surface area contributed by atoms with Crippen molar-refractivity contribution in [3.05, 3.63) is 11.9 Å². The van der Waals surface area contributed by atoms with Crippen LogP contribution in [0, 0.1) is 0 Å². The summed E-state index contributed by atoms with van der Waals surface area (Å²) in [5.41, 5.74) is 0. The summed E-state index contributed by atoms with van der Waals surface area (Å²) in [6.45, 7) is 9.75. The van der Waals surface area contributed by atoms with Gasteiger partial charge in [-0.05, 0) is 26.7 Å². The second-order valence-electron chi connectivity index (χ2n) is 4.57. The zero-order valence-corrected chi connectivity index (χ0v) is 12.3. The molecule has 1 heterocycles. The van der Waals surface area contributed by atoms with E-state index in [-0.39, 0.29) is 0 Å². The van der Waals surface area contributed by atoms with E-state index in [2.05, 4.69) is 47.9 Å². The fourth-order valence-corrected chi connectivity index (χ4v) is 2.01. The summed E-state index contributed by atoms with van der Waals surface area (Å²) in [6.07, 6.45) is 3.12. The normalized spacial score (nSPS) is 12.3. The lowest BCUT2D eigenvalue weighted by molar-refractivity contribution is 0.620. The minimum Gasteiger partial charge on any atom is -0.373 e. The third kappa shape index (κ3) is 3.59. The monoisotopic (exact) mass is 250 g/mol. The number of anilines is 2. The summed E-state index contributed by atoms with van der Waals surface area (Å²) >= 11 is 0. The molecule has 0 aliphatic heterocycles. The van der Waals surface area contributed by atoms with Gasteiger partial charge in [-0.3, -0.25) is 0 Å². The van der Waals surface area contributed by atoms with Gasteiger partial charge in [0.05, 0.1) is 0 Å². The molecule has 102 valence electrons. The lowest BCUT2D eigenvalue weighted by Crippen LogP contribution is -2.33. The smallest absolute Gasteiger partial charge is 0.134 e. The van der Waals surface area contributed by atoms with Gasteiger partial charge in [-0.1, -0.05) is 13.8 Å². The topological polar surface area (TPSA) is 41.1 Å². The van der Waals surface area contributed by atoms with Gasteiger partial charge in [-0.15, -0.1) is 0 Å². The zero-order chi connectivity index (χ0) is 13.5. The number of rotatable bonds is 7. The van der Waals surface area contributed by atoms with E-state index in [4.69, 9.17) is 0 Å². The average Bonchev–Trinajstić information content (AvgIpc) is 2.39. The van der Waals surface area contributed by atoms with Crippen LogP contribution in [0.4, 0.5) is 11.6 Å². The molecule has 0 bridgehead atoms. The van der Waals surface area contributed by atoms with Crippen molar-refractivity contribution in [3.63, 3.8) is 0 Å². The highest BCUT2D eigenvalue weighted by Crippen LogP contribution is 2.19. The molecule has 18 heavy (non-hydrogen) atoms. The third-order valence-electron chi connectivity index (χ3n) is 3.25. The molecule has 1 aromatic rings. The van der Waals surface area contributed by atoms with Gasteiger partial charge in [0, 0.05) is 32.1 Å². The van der Waals surface area contributed by atoms with Crippen LogP contribution in [0.25, 0.3) is 0 Å². The highest BCUT2D eigenvalue weighted by molar-refractivity contribution is 5.49. The molecule has 0 fully saturated rings. The summed E-state index contributed by atoms with van der Waals surface area (Å²) in [7, 11) is 1.90. The molecule has 1 rings (SSSR count). The van der Waals surface area contributed by atoms with Gasteiger partial charge in [0.1, 0.15) is 17.5 Å². The molecule has 1 N–H and O–H groups in total. The molecule has 0 aromatic carbocycles. The molecule has 0 aliphatic rings. The van der Waals surface area contributed by atoms with Gasteiger partial charge in [-0.2, -0.15) is 0 Å². The van der Waals surface area contributed by atoms with E-state index < -0.39 is 0 Å². The molecule has 0 radical (unpaired) electrons. The molecule has 1 aromatic heterocycles. The predicted octanol–water partition coefficient (Wildman–Crippen LogP) is 3.10. The number of nitrogens with zero attached hydrogens (tertiary/aromatic N) is 3.